The molecule has 0 unspecified atom stereocenters. The second-order valence-corrected chi connectivity index (χ2v) is 9.76. The van der Waals surface area contributed by atoms with Crippen LogP contribution in [0.5, 0.6) is 11.5 Å². The fourth-order valence-corrected chi connectivity index (χ4v) is 6.17. The van der Waals surface area contributed by atoms with Crippen LogP contribution >= 0.6 is 11.3 Å². The van der Waals surface area contributed by atoms with E-state index < -0.39 is 11.9 Å². The fraction of sp³-hybridized carbons (Fsp3) is 0.179. The summed E-state index contributed by atoms with van der Waals surface area (Å²) in [6.45, 7) is 4.03. The van der Waals surface area contributed by atoms with Gasteiger partial charge in [-0.3, -0.25) is 14.5 Å². The topological polar surface area (TPSA) is 81.9 Å². The largest absolute Gasteiger partial charge is 0.493 e. The molecule has 7 nitrogen and oxygen atoms in total. The number of fused-ring (bicyclic) bond motifs is 3. The summed E-state index contributed by atoms with van der Waals surface area (Å²) in [6, 6.07) is 15.7. The highest BCUT2D eigenvalue weighted by molar-refractivity contribution is 7.22. The van der Waals surface area contributed by atoms with Gasteiger partial charge >= 0.3 is 0 Å². The van der Waals surface area contributed by atoms with Gasteiger partial charge in [0.25, 0.3) is 5.91 Å². The number of anilines is 1. The Morgan fingerprint density at radius 2 is 1.81 bits per heavy atom. The molecule has 3 heterocycles. The van der Waals surface area contributed by atoms with Crippen molar-refractivity contribution in [3.63, 3.8) is 0 Å². The number of benzene rings is 3. The SMILES string of the molecule is COc1cccc([C@@H]2c3c(oc4ccccc4c3=O)C(=O)N2c2nc3c(C)cc(C)cc3s2)c1OC. The first-order valence-corrected chi connectivity index (χ1v) is 12.2. The smallest absolute Gasteiger partial charge is 0.297 e. The second kappa shape index (κ2) is 8.20. The highest BCUT2D eigenvalue weighted by Crippen LogP contribution is 2.48. The zero-order valence-corrected chi connectivity index (χ0v) is 20.9. The lowest BCUT2D eigenvalue weighted by Crippen LogP contribution is -2.29. The van der Waals surface area contributed by atoms with E-state index in [0.29, 0.717) is 33.2 Å². The van der Waals surface area contributed by atoms with E-state index in [-0.39, 0.29) is 16.8 Å². The van der Waals surface area contributed by atoms with Gasteiger partial charge in [0.1, 0.15) is 11.6 Å². The number of carbonyl (C=O) groups excluding carboxylic acids is 1. The highest BCUT2D eigenvalue weighted by Gasteiger charge is 2.46. The van der Waals surface area contributed by atoms with Crippen LogP contribution in [0, 0.1) is 13.8 Å². The number of para-hydroxylation sites is 2. The average Bonchev–Trinajstić information content (AvgIpc) is 3.42. The fourth-order valence-electron chi connectivity index (χ4n) is 5.00. The third-order valence-electron chi connectivity index (χ3n) is 6.53. The number of hydrogen-bond donors (Lipinski definition) is 0. The molecule has 1 amide bonds. The number of methoxy groups -OCH3 is 2. The van der Waals surface area contributed by atoms with Gasteiger partial charge in [-0.2, -0.15) is 0 Å². The molecule has 0 saturated heterocycles. The molecule has 1 aliphatic rings. The zero-order chi connectivity index (χ0) is 25.1. The summed E-state index contributed by atoms with van der Waals surface area (Å²) in [5.41, 5.74) is 3.93. The van der Waals surface area contributed by atoms with Crippen molar-refractivity contribution < 1.29 is 18.7 Å². The molecule has 0 fully saturated rings. The van der Waals surface area contributed by atoms with Crippen LogP contribution in [-0.4, -0.2) is 25.1 Å². The predicted octanol–water partition coefficient (Wildman–Crippen LogP) is 5.79. The quantitative estimate of drug-likeness (QED) is 0.312. The lowest BCUT2D eigenvalue weighted by Gasteiger charge is -2.24. The van der Waals surface area contributed by atoms with Crippen LogP contribution in [0.3, 0.4) is 0 Å². The number of ether oxygens (including phenoxy) is 2. The molecule has 0 radical (unpaired) electrons. The van der Waals surface area contributed by atoms with Gasteiger partial charge in [-0.1, -0.05) is 41.7 Å². The summed E-state index contributed by atoms with van der Waals surface area (Å²) in [6.07, 6.45) is 0. The summed E-state index contributed by atoms with van der Waals surface area (Å²) in [5.74, 6) is 0.532. The van der Waals surface area contributed by atoms with Crippen molar-refractivity contribution >= 4 is 43.6 Å². The van der Waals surface area contributed by atoms with Crippen molar-refractivity contribution in [2.24, 2.45) is 0 Å². The first kappa shape index (κ1) is 22.3. The summed E-state index contributed by atoms with van der Waals surface area (Å²) in [5, 5.41) is 0.891. The van der Waals surface area contributed by atoms with E-state index in [9.17, 15) is 9.59 Å². The van der Waals surface area contributed by atoms with E-state index in [4.69, 9.17) is 18.9 Å². The van der Waals surface area contributed by atoms with Crippen molar-refractivity contribution in [1.29, 1.82) is 0 Å². The molecule has 0 spiro atoms. The third kappa shape index (κ3) is 3.14. The van der Waals surface area contributed by atoms with E-state index in [1.807, 2.05) is 26.0 Å². The molecule has 1 aliphatic heterocycles. The normalized spacial score (nSPS) is 15.1. The number of aromatic nitrogens is 1. The van der Waals surface area contributed by atoms with Gasteiger partial charge in [-0.05, 0) is 49.2 Å². The highest BCUT2D eigenvalue weighted by atomic mass is 32.1. The van der Waals surface area contributed by atoms with E-state index in [2.05, 4.69) is 12.1 Å². The number of hydrogen-bond acceptors (Lipinski definition) is 7. The second-order valence-electron chi connectivity index (χ2n) is 8.76. The summed E-state index contributed by atoms with van der Waals surface area (Å²) in [7, 11) is 3.09. The first-order valence-electron chi connectivity index (χ1n) is 11.4. The van der Waals surface area contributed by atoms with Crippen molar-refractivity contribution in [2.75, 3.05) is 19.1 Å². The van der Waals surface area contributed by atoms with Crippen LogP contribution in [0.25, 0.3) is 21.2 Å². The molecule has 5 aromatic rings. The van der Waals surface area contributed by atoms with E-state index >= 15 is 0 Å². The van der Waals surface area contributed by atoms with Crippen LogP contribution in [0.15, 0.2) is 63.8 Å². The molecular weight excluding hydrogens is 476 g/mol. The van der Waals surface area contributed by atoms with Gasteiger partial charge in [-0.15, -0.1) is 0 Å². The van der Waals surface area contributed by atoms with Gasteiger partial charge in [-0.25, -0.2) is 4.98 Å². The molecular formula is C28H22N2O5S. The third-order valence-corrected chi connectivity index (χ3v) is 7.53. The van der Waals surface area contributed by atoms with Crippen molar-refractivity contribution in [3.8, 4) is 11.5 Å². The lowest BCUT2D eigenvalue weighted by atomic mass is 9.97. The minimum Gasteiger partial charge on any atom is -0.493 e. The number of rotatable bonds is 4. The first-order chi connectivity index (χ1) is 17.4. The molecule has 0 aliphatic carbocycles. The van der Waals surface area contributed by atoms with Gasteiger partial charge in [0.05, 0.1) is 35.4 Å². The van der Waals surface area contributed by atoms with Crippen LogP contribution in [0.1, 0.15) is 38.9 Å². The summed E-state index contributed by atoms with van der Waals surface area (Å²) >= 11 is 1.41. The predicted molar refractivity (Wildman–Crippen MR) is 140 cm³/mol. The van der Waals surface area contributed by atoms with E-state index in [1.54, 1.807) is 42.3 Å². The minimum atomic E-state index is -0.805. The molecule has 2 aromatic heterocycles. The number of aryl methyl sites for hydroxylation is 2. The molecule has 0 bridgehead atoms. The Kier molecular flexibility index (Phi) is 5.08. The standard InChI is InChI=1S/C28H22N2O5S/c1-14-12-15(2)22-20(13-14)36-28(29-22)30-23(17-9-7-11-19(33-3)25(17)34-4)21-24(31)16-8-5-6-10-18(16)35-26(21)27(30)32/h5-13,23H,1-4H3/t23-/m1/s1. The summed E-state index contributed by atoms with van der Waals surface area (Å²) in [4.78, 5) is 34.2. The van der Waals surface area contributed by atoms with E-state index in [1.165, 1.54) is 18.4 Å². The lowest BCUT2D eigenvalue weighted by molar-refractivity contribution is 0.0970. The monoisotopic (exact) mass is 498 g/mol. The van der Waals surface area contributed by atoms with Crippen LogP contribution < -0.4 is 19.8 Å². The average molecular weight is 499 g/mol. The number of amides is 1. The maximum absolute atomic E-state index is 13.9. The molecule has 180 valence electrons. The molecule has 0 N–H and O–H groups in total. The summed E-state index contributed by atoms with van der Waals surface area (Å²) < 4.78 is 18.3. The zero-order valence-electron chi connectivity index (χ0n) is 20.1. The van der Waals surface area contributed by atoms with Crippen molar-refractivity contribution in [1.82, 2.24) is 4.98 Å². The maximum Gasteiger partial charge on any atom is 0.297 e. The maximum atomic E-state index is 13.9. The Morgan fingerprint density at radius 1 is 1.00 bits per heavy atom. The van der Waals surface area contributed by atoms with E-state index in [0.717, 1.165) is 21.3 Å². The van der Waals surface area contributed by atoms with Crippen LogP contribution in [0.4, 0.5) is 5.13 Å². The van der Waals surface area contributed by atoms with Crippen LogP contribution in [0.2, 0.25) is 0 Å². The number of nitrogens with zero attached hydrogens (tertiary/aromatic N) is 2. The van der Waals surface area contributed by atoms with Gasteiger partial charge in [0.15, 0.2) is 22.1 Å². The van der Waals surface area contributed by atoms with Gasteiger partial charge in [0, 0.05) is 5.56 Å². The van der Waals surface area contributed by atoms with Crippen LogP contribution in [-0.2, 0) is 0 Å². The Labute approximate surface area is 210 Å². The van der Waals surface area contributed by atoms with Crippen molar-refractivity contribution in [2.45, 2.75) is 19.9 Å². The molecule has 36 heavy (non-hydrogen) atoms. The molecule has 1 atom stereocenters. The Bertz CT molecular complexity index is 1750. The van der Waals surface area contributed by atoms with Gasteiger partial charge in [0.2, 0.25) is 5.76 Å². The number of thiazole rings is 1. The Hall–Kier alpha value is -4.17. The molecule has 3 aromatic carbocycles. The van der Waals surface area contributed by atoms with Crippen molar-refractivity contribution in [3.05, 3.63) is 92.8 Å². The molecule has 8 heteroatoms. The molecule has 0 saturated carbocycles. The van der Waals surface area contributed by atoms with Gasteiger partial charge < -0.3 is 13.9 Å². The minimum absolute atomic E-state index is 0.0146. The Morgan fingerprint density at radius 3 is 2.58 bits per heavy atom. The molecule has 6 rings (SSSR count). The number of carbonyl (C=O) groups is 1. The Balaban J connectivity index is 1.68.